The number of para-hydroxylation sites is 1. The van der Waals surface area contributed by atoms with Crippen molar-refractivity contribution in [3.05, 3.63) is 29.8 Å². The summed E-state index contributed by atoms with van der Waals surface area (Å²) >= 11 is 0. The highest BCUT2D eigenvalue weighted by Crippen LogP contribution is 2.41. The van der Waals surface area contributed by atoms with E-state index in [4.69, 9.17) is 4.74 Å². The number of hydrogen-bond acceptors (Lipinski definition) is 2. The number of rotatable bonds is 5. The Hall–Kier alpha value is -1.02. The van der Waals surface area contributed by atoms with Gasteiger partial charge in [-0.15, -0.1) is 0 Å². The van der Waals surface area contributed by atoms with E-state index in [1.807, 2.05) is 18.2 Å². The van der Waals surface area contributed by atoms with Gasteiger partial charge < -0.3 is 9.84 Å². The van der Waals surface area contributed by atoms with Crippen LogP contribution in [0.3, 0.4) is 0 Å². The lowest BCUT2D eigenvalue weighted by atomic mass is 9.68. The van der Waals surface area contributed by atoms with Gasteiger partial charge in [0.2, 0.25) is 0 Å². The molecule has 0 aromatic heterocycles. The second-order valence-electron chi connectivity index (χ2n) is 7.04. The Labute approximate surface area is 129 Å². The first-order valence-corrected chi connectivity index (χ1v) is 8.40. The summed E-state index contributed by atoms with van der Waals surface area (Å²) in [6, 6.07) is 8.20. The molecule has 1 N–H and O–H groups in total. The molecular weight excluding hydrogens is 260 g/mol. The summed E-state index contributed by atoms with van der Waals surface area (Å²) < 4.78 is 6.21. The summed E-state index contributed by atoms with van der Waals surface area (Å²) in [4.78, 5) is 0. The van der Waals surface area contributed by atoms with Gasteiger partial charge in [0.1, 0.15) is 11.9 Å². The third kappa shape index (κ3) is 3.79. The minimum Gasteiger partial charge on any atom is -0.487 e. The molecule has 0 aliphatic heterocycles. The maximum Gasteiger partial charge on any atom is 0.125 e. The Morgan fingerprint density at radius 1 is 1.19 bits per heavy atom. The highest BCUT2D eigenvalue weighted by atomic mass is 16.5. The normalized spacial score (nSPS) is 26.6. The second kappa shape index (κ2) is 6.83. The van der Waals surface area contributed by atoms with E-state index in [0.717, 1.165) is 31.4 Å². The highest BCUT2D eigenvalue weighted by Gasteiger charge is 2.37. The first-order valence-electron chi connectivity index (χ1n) is 8.40. The van der Waals surface area contributed by atoms with Gasteiger partial charge in [0, 0.05) is 0 Å². The summed E-state index contributed by atoms with van der Waals surface area (Å²) in [5, 5.41) is 10.3. The Bertz CT molecular complexity index is 453. The van der Waals surface area contributed by atoms with Crippen molar-refractivity contribution in [1.29, 1.82) is 0 Å². The van der Waals surface area contributed by atoms with Crippen LogP contribution in [0.4, 0.5) is 0 Å². The van der Waals surface area contributed by atoms with Crippen molar-refractivity contribution < 1.29 is 9.84 Å². The summed E-state index contributed by atoms with van der Waals surface area (Å²) in [6.07, 6.45) is 4.65. The van der Waals surface area contributed by atoms with Crippen LogP contribution < -0.4 is 4.74 Å². The van der Waals surface area contributed by atoms with Crippen LogP contribution in [0.25, 0.3) is 0 Å². The smallest absolute Gasteiger partial charge is 0.125 e. The zero-order chi connectivity index (χ0) is 15.5. The molecule has 0 spiro atoms. The van der Waals surface area contributed by atoms with Gasteiger partial charge in [-0.3, -0.25) is 0 Å². The van der Waals surface area contributed by atoms with E-state index in [2.05, 4.69) is 33.8 Å². The molecule has 1 aliphatic carbocycles. The zero-order valence-corrected chi connectivity index (χ0v) is 13.9. The van der Waals surface area contributed by atoms with Crippen LogP contribution in [-0.4, -0.2) is 17.3 Å². The Balaban J connectivity index is 2.10. The molecule has 1 aromatic rings. The molecule has 1 saturated carbocycles. The van der Waals surface area contributed by atoms with Crippen LogP contribution in [0, 0.1) is 11.3 Å². The number of ether oxygens (including phenoxy) is 1. The average Bonchev–Trinajstić information content (AvgIpc) is 2.49. The predicted octanol–water partition coefficient (Wildman–Crippen LogP) is 4.59. The number of hydrogen-bond donors (Lipinski definition) is 1. The molecule has 0 radical (unpaired) electrons. The van der Waals surface area contributed by atoms with Gasteiger partial charge in [-0.2, -0.15) is 0 Å². The topological polar surface area (TPSA) is 29.5 Å². The number of aryl methyl sites for hydroxylation is 1. The molecule has 0 amide bonds. The fourth-order valence-electron chi connectivity index (χ4n) is 3.31. The Kier molecular flexibility index (Phi) is 5.32. The molecule has 2 rings (SSSR count). The number of aliphatic hydroxyl groups is 1. The van der Waals surface area contributed by atoms with Gasteiger partial charge >= 0.3 is 0 Å². The quantitative estimate of drug-likeness (QED) is 0.859. The van der Waals surface area contributed by atoms with Crippen LogP contribution in [0.2, 0.25) is 0 Å². The van der Waals surface area contributed by atoms with Gasteiger partial charge in [-0.1, -0.05) is 52.3 Å². The lowest BCUT2D eigenvalue weighted by molar-refractivity contribution is -0.0336. The van der Waals surface area contributed by atoms with E-state index < -0.39 is 0 Å². The van der Waals surface area contributed by atoms with Crippen molar-refractivity contribution in [3.63, 3.8) is 0 Å². The van der Waals surface area contributed by atoms with Crippen molar-refractivity contribution in [2.75, 3.05) is 0 Å². The summed E-state index contributed by atoms with van der Waals surface area (Å²) in [5.74, 6) is 1.57. The third-order valence-electron chi connectivity index (χ3n) is 5.41. The van der Waals surface area contributed by atoms with Crippen LogP contribution >= 0.6 is 0 Å². The SMILES string of the molecule is CCc1ccccc1OC1CC(C(C)(C)CC)CCC1O. The van der Waals surface area contributed by atoms with Gasteiger partial charge in [0.15, 0.2) is 0 Å². The molecule has 3 atom stereocenters. The summed E-state index contributed by atoms with van der Waals surface area (Å²) in [6.45, 7) is 9.08. The molecule has 1 aromatic carbocycles. The molecule has 0 saturated heterocycles. The molecule has 1 aliphatic rings. The van der Waals surface area contributed by atoms with Gasteiger partial charge in [0.25, 0.3) is 0 Å². The standard InChI is InChI=1S/C19H30O2/c1-5-14-9-7-8-10-17(14)21-18-13-15(11-12-16(18)20)19(3,4)6-2/h7-10,15-16,18,20H,5-6,11-13H2,1-4H3. The molecule has 3 unspecified atom stereocenters. The van der Waals surface area contributed by atoms with E-state index in [9.17, 15) is 5.11 Å². The summed E-state index contributed by atoms with van der Waals surface area (Å²) in [7, 11) is 0. The van der Waals surface area contributed by atoms with E-state index in [0.29, 0.717) is 11.3 Å². The fraction of sp³-hybridized carbons (Fsp3) is 0.684. The monoisotopic (exact) mass is 290 g/mol. The van der Waals surface area contributed by atoms with Crippen molar-refractivity contribution in [3.8, 4) is 5.75 Å². The van der Waals surface area contributed by atoms with Gasteiger partial charge in [-0.05, 0) is 48.6 Å². The largest absolute Gasteiger partial charge is 0.487 e. The molecule has 0 bridgehead atoms. The molecule has 2 nitrogen and oxygen atoms in total. The fourth-order valence-corrected chi connectivity index (χ4v) is 3.31. The lowest BCUT2D eigenvalue weighted by Crippen LogP contribution is -2.42. The average molecular weight is 290 g/mol. The Morgan fingerprint density at radius 3 is 2.57 bits per heavy atom. The minimum absolute atomic E-state index is 0.0673. The van der Waals surface area contributed by atoms with Crippen molar-refractivity contribution >= 4 is 0 Å². The maximum absolute atomic E-state index is 10.3. The first kappa shape index (κ1) is 16.4. The zero-order valence-electron chi connectivity index (χ0n) is 13.9. The molecule has 2 heteroatoms. The van der Waals surface area contributed by atoms with E-state index >= 15 is 0 Å². The van der Waals surface area contributed by atoms with Crippen LogP contribution in [0.1, 0.15) is 58.9 Å². The molecule has 1 fully saturated rings. The predicted molar refractivity (Wildman–Crippen MR) is 87.7 cm³/mol. The maximum atomic E-state index is 10.3. The third-order valence-corrected chi connectivity index (χ3v) is 5.41. The van der Waals surface area contributed by atoms with Crippen LogP contribution in [-0.2, 0) is 6.42 Å². The first-order chi connectivity index (χ1) is 9.97. The number of benzene rings is 1. The summed E-state index contributed by atoms with van der Waals surface area (Å²) in [5.41, 5.74) is 1.55. The number of aliphatic hydroxyl groups excluding tert-OH is 1. The van der Waals surface area contributed by atoms with E-state index in [1.54, 1.807) is 0 Å². The van der Waals surface area contributed by atoms with Gasteiger partial charge in [-0.25, -0.2) is 0 Å². The van der Waals surface area contributed by atoms with Crippen molar-refractivity contribution in [2.45, 2.75) is 72.0 Å². The molecule has 0 heterocycles. The molecule has 118 valence electrons. The van der Waals surface area contributed by atoms with Crippen LogP contribution in [0.5, 0.6) is 5.75 Å². The van der Waals surface area contributed by atoms with Gasteiger partial charge in [0.05, 0.1) is 6.10 Å². The Morgan fingerprint density at radius 2 is 1.90 bits per heavy atom. The van der Waals surface area contributed by atoms with E-state index in [1.165, 1.54) is 12.0 Å². The van der Waals surface area contributed by atoms with Crippen molar-refractivity contribution in [1.82, 2.24) is 0 Å². The van der Waals surface area contributed by atoms with E-state index in [-0.39, 0.29) is 12.2 Å². The molecular formula is C19H30O2. The second-order valence-corrected chi connectivity index (χ2v) is 7.04. The highest BCUT2D eigenvalue weighted by molar-refractivity contribution is 5.33. The lowest BCUT2D eigenvalue weighted by Gasteiger charge is -2.41. The van der Waals surface area contributed by atoms with Crippen molar-refractivity contribution in [2.24, 2.45) is 11.3 Å². The minimum atomic E-state index is -0.334. The molecule has 21 heavy (non-hydrogen) atoms. The van der Waals surface area contributed by atoms with Crippen LogP contribution in [0.15, 0.2) is 24.3 Å².